The lowest BCUT2D eigenvalue weighted by molar-refractivity contribution is 0.0770. The summed E-state index contributed by atoms with van der Waals surface area (Å²) in [6.07, 6.45) is 5.57. The highest BCUT2D eigenvalue weighted by Gasteiger charge is 2.14. The molecule has 1 aliphatic heterocycles. The Morgan fingerprint density at radius 2 is 1.85 bits per heavy atom. The van der Waals surface area contributed by atoms with Crippen molar-refractivity contribution in [3.63, 3.8) is 0 Å². The second-order valence-corrected chi connectivity index (χ2v) is 6.61. The van der Waals surface area contributed by atoms with E-state index in [0.717, 1.165) is 43.0 Å². The van der Waals surface area contributed by atoms with Crippen LogP contribution in [0.1, 0.15) is 11.1 Å². The highest BCUT2D eigenvalue weighted by molar-refractivity contribution is 5.35. The van der Waals surface area contributed by atoms with Gasteiger partial charge in [-0.05, 0) is 42.2 Å². The van der Waals surface area contributed by atoms with Crippen LogP contribution in [0.15, 0.2) is 60.7 Å². The summed E-state index contributed by atoms with van der Waals surface area (Å²) in [6, 6.07) is 16.2. The average molecular weight is 353 g/mol. The summed E-state index contributed by atoms with van der Waals surface area (Å²) < 4.78 is 11.2. The number of β-amino-alcohol motifs (C(OH)–C–C–N with tert-alkyl or cyclic N) is 1. The second kappa shape index (κ2) is 9.41. The van der Waals surface area contributed by atoms with Crippen molar-refractivity contribution < 1.29 is 14.6 Å². The third kappa shape index (κ3) is 5.35. The smallest absolute Gasteiger partial charge is 0.122 e. The zero-order valence-electron chi connectivity index (χ0n) is 15.3. The van der Waals surface area contributed by atoms with E-state index in [-0.39, 0.29) is 0 Å². The maximum atomic E-state index is 10.2. The van der Waals surface area contributed by atoms with E-state index in [0.29, 0.717) is 13.2 Å². The molecule has 0 bridgehead atoms. The Hall–Kier alpha value is -2.30. The number of rotatable bonds is 9. The molecule has 0 saturated carbocycles. The summed E-state index contributed by atoms with van der Waals surface area (Å²) >= 11 is 0. The van der Waals surface area contributed by atoms with Gasteiger partial charge in [-0.15, -0.1) is 0 Å². The van der Waals surface area contributed by atoms with Crippen LogP contribution in [0, 0.1) is 0 Å². The van der Waals surface area contributed by atoms with E-state index in [2.05, 4.69) is 35.3 Å². The molecule has 2 aromatic carbocycles. The third-order valence-corrected chi connectivity index (χ3v) is 4.58. The normalized spacial score (nSPS) is 15.2. The fourth-order valence-electron chi connectivity index (χ4n) is 3.17. The zero-order chi connectivity index (χ0) is 18.2. The van der Waals surface area contributed by atoms with Crippen molar-refractivity contribution >= 4 is 0 Å². The van der Waals surface area contributed by atoms with E-state index in [1.165, 1.54) is 5.56 Å². The van der Waals surface area contributed by atoms with Gasteiger partial charge in [0.05, 0.1) is 7.11 Å². The molecule has 1 atom stereocenters. The average Bonchev–Trinajstić information content (AvgIpc) is 3.18. The summed E-state index contributed by atoms with van der Waals surface area (Å²) in [5.41, 5.74) is 2.39. The van der Waals surface area contributed by atoms with Crippen molar-refractivity contribution in [3.05, 3.63) is 71.8 Å². The Morgan fingerprint density at radius 1 is 1.04 bits per heavy atom. The summed E-state index contributed by atoms with van der Waals surface area (Å²) in [7, 11) is 1.69. The highest BCUT2D eigenvalue weighted by Crippen LogP contribution is 2.21. The number of hydrogen-bond acceptors (Lipinski definition) is 4. The minimum Gasteiger partial charge on any atom is -0.497 e. The first-order valence-corrected chi connectivity index (χ1v) is 9.13. The number of benzene rings is 2. The number of aliphatic hydroxyl groups is 1. The van der Waals surface area contributed by atoms with E-state index in [1.807, 2.05) is 30.3 Å². The van der Waals surface area contributed by atoms with Crippen LogP contribution >= 0.6 is 0 Å². The molecule has 1 aliphatic rings. The molecule has 0 aromatic heterocycles. The van der Waals surface area contributed by atoms with E-state index in [1.54, 1.807) is 7.11 Å². The Morgan fingerprint density at radius 3 is 2.65 bits per heavy atom. The standard InChI is InChI=1S/C22H27NO3/c1-25-21-9-6-7-18(15-21)11-12-19-8-2-3-10-22(19)26-17-20(24)16-23-13-4-5-14-23/h2-10,15,20,24H,11-14,16-17H2,1H3. The molecular weight excluding hydrogens is 326 g/mol. The van der Waals surface area contributed by atoms with Crippen LogP contribution in [-0.4, -0.2) is 49.5 Å². The molecule has 3 rings (SSSR count). The second-order valence-electron chi connectivity index (χ2n) is 6.61. The largest absolute Gasteiger partial charge is 0.497 e. The van der Waals surface area contributed by atoms with Gasteiger partial charge >= 0.3 is 0 Å². The van der Waals surface area contributed by atoms with Crippen molar-refractivity contribution in [2.24, 2.45) is 0 Å². The van der Waals surface area contributed by atoms with Gasteiger partial charge in [-0.3, -0.25) is 4.90 Å². The number of ether oxygens (including phenoxy) is 2. The molecule has 0 saturated heterocycles. The first-order valence-electron chi connectivity index (χ1n) is 9.13. The number of para-hydroxylation sites is 1. The van der Waals surface area contributed by atoms with Gasteiger partial charge in [0.2, 0.25) is 0 Å². The van der Waals surface area contributed by atoms with Crippen LogP contribution in [0.5, 0.6) is 11.5 Å². The first-order chi connectivity index (χ1) is 12.7. The molecule has 4 nitrogen and oxygen atoms in total. The van der Waals surface area contributed by atoms with Gasteiger partial charge in [0, 0.05) is 19.6 Å². The molecule has 4 heteroatoms. The maximum absolute atomic E-state index is 10.2. The van der Waals surface area contributed by atoms with E-state index in [4.69, 9.17) is 9.47 Å². The van der Waals surface area contributed by atoms with Crippen molar-refractivity contribution in [2.45, 2.75) is 18.9 Å². The highest BCUT2D eigenvalue weighted by atomic mass is 16.5. The maximum Gasteiger partial charge on any atom is 0.122 e. The Bertz CT molecular complexity index is 721. The van der Waals surface area contributed by atoms with Crippen molar-refractivity contribution in [1.82, 2.24) is 4.90 Å². The molecule has 0 spiro atoms. The molecule has 0 amide bonds. The van der Waals surface area contributed by atoms with E-state index in [9.17, 15) is 5.11 Å². The quantitative estimate of drug-likeness (QED) is 0.704. The zero-order valence-corrected chi connectivity index (χ0v) is 15.3. The van der Waals surface area contributed by atoms with Gasteiger partial charge < -0.3 is 14.6 Å². The summed E-state index contributed by atoms with van der Waals surface area (Å²) in [5.74, 6) is 1.74. The Balaban J connectivity index is 1.53. The van der Waals surface area contributed by atoms with Gasteiger partial charge in [0.25, 0.3) is 0 Å². The van der Waals surface area contributed by atoms with Crippen molar-refractivity contribution in [1.29, 1.82) is 0 Å². The minimum atomic E-state index is -0.485. The predicted molar refractivity (Wildman–Crippen MR) is 104 cm³/mol. The van der Waals surface area contributed by atoms with Crippen LogP contribution < -0.4 is 9.47 Å². The third-order valence-electron chi connectivity index (χ3n) is 4.58. The number of aliphatic hydroxyl groups excluding tert-OH is 1. The van der Waals surface area contributed by atoms with Crippen LogP contribution in [0.3, 0.4) is 0 Å². The number of hydrogen-bond donors (Lipinski definition) is 1. The van der Waals surface area contributed by atoms with Crippen LogP contribution in [0.25, 0.3) is 0 Å². The Labute approximate surface area is 155 Å². The first kappa shape index (κ1) is 18.5. The van der Waals surface area contributed by atoms with Crippen LogP contribution in [0.4, 0.5) is 0 Å². The molecule has 1 N–H and O–H groups in total. The molecular formula is C22H27NO3. The fraction of sp³-hybridized carbons (Fsp3) is 0.364. The molecule has 138 valence electrons. The topological polar surface area (TPSA) is 41.9 Å². The van der Waals surface area contributed by atoms with E-state index < -0.39 is 6.10 Å². The van der Waals surface area contributed by atoms with Gasteiger partial charge in [0.15, 0.2) is 0 Å². The van der Waals surface area contributed by atoms with Gasteiger partial charge in [-0.1, -0.05) is 42.5 Å². The van der Waals surface area contributed by atoms with Gasteiger partial charge in [-0.25, -0.2) is 0 Å². The Kier molecular flexibility index (Phi) is 6.69. The lowest BCUT2D eigenvalue weighted by Crippen LogP contribution is -2.34. The minimum absolute atomic E-state index is 0.312. The predicted octanol–water partition coefficient (Wildman–Crippen LogP) is 3.09. The van der Waals surface area contributed by atoms with Gasteiger partial charge in [-0.2, -0.15) is 0 Å². The molecule has 0 fully saturated rings. The molecule has 0 radical (unpaired) electrons. The number of nitrogens with zero attached hydrogens (tertiary/aromatic N) is 1. The SMILES string of the molecule is COc1cccc(CCc2ccccc2OCC(O)CN2CC=CC2)c1. The molecule has 26 heavy (non-hydrogen) atoms. The summed E-state index contributed by atoms with van der Waals surface area (Å²) in [4.78, 5) is 2.20. The fourth-order valence-corrected chi connectivity index (χ4v) is 3.17. The summed E-state index contributed by atoms with van der Waals surface area (Å²) in [5, 5.41) is 10.2. The summed E-state index contributed by atoms with van der Waals surface area (Å²) in [6.45, 7) is 2.77. The molecule has 0 aliphatic carbocycles. The van der Waals surface area contributed by atoms with Crippen molar-refractivity contribution in [2.75, 3.05) is 33.4 Å². The lowest BCUT2D eigenvalue weighted by Gasteiger charge is -2.20. The van der Waals surface area contributed by atoms with Crippen molar-refractivity contribution in [3.8, 4) is 11.5 Å². The monoisotopic (exact) mass is 353 g/mol. The molecule has 1 heterocycles. The molecule has 2 aromatic rings. The number of methoxy groups -OCH3 is 1. The van der Waals surface area contributed by atoms with Crippen LogP contribution in [0.2, 0.25) is 0 Å². The molecule has 1 unspecified atom stereocenters. The van der Waals surface area contributed by atoms with Crippen LogP contribution in [-0.2, 0) is 12.8 Å². The lowest BCUT2D eigenvalue weighted by atomic mass is 10.0. The number of aryl methyl sites for hydroxylation is 2. The van der Waals surface area contributed by atoms with E-state index >= 15 is 0 Å². The van der Waals surface area contributed by atoms with Gasteiger partial charge in [0.1, 0.15) is 24.2 Å².